The molecule has 0 aliphatic heterocycles. The zero-order chi connectivity index (χ0) is 2.71. The van der Waals surface area contributed by atoms with Crippen molar-refractivity contribution in [1.29, 1.82) is 0 Å². The molecule has 20 valence electrons. The molecule has 1 N–H and O–H groups in total. The molecular formula is CHO2Rf-. The van der Waals surface area contributed by atoms with E-state index in [9.17, 15) is 0 Å². The molecule has 0 spiro atoms. The van der Waals surface area contributed by atoms with Crippen LogP contribution in [0.15, 0.2) is 0 Å². The Hall–Kier alpha value is -1.53. The third kappa shape index (κ3) is 0.0564. The standard InChI is InChI=1S/CHO2.Rf/c2-1-3;/h(H,2,3);/q-1;. The number of rotatable bonds is 0. The summed E-state index contributed by atoms with van der Waals surface area (Å²) in [6.45, 7) is 0.500. The van der Waals surface area contributed by atoms with Gasteiger partial charge in [-0.3, -0.25) is 0 Å². The van der Waals surface area contributed by atoms with Crippen LogP contribution in [0.3, 0.4) is 0 Å². The topological polar surface area (TPSA) is 37.3 Å². The molecule has 0 radical (unpaired) electrons. The Morgan fingerprint density at radius 2 is 1.75 bits per heavy atom. The first-order valence-corrected chi connectivity index (χ1v) is 0.428. The molecule has 0 heterocycles. The normalized spacial score (nSPS) is 3.00. The van der Waals surface area contributed by atoms with Gasteiger partial charge in [0.2, 0.25) is 0 Å². The molecule has 0 aromatic rings. The fourth-order valence-electron chi connectivity index (χ4n) is 0. The van der Waals surface area contributed by atoms with Gasteiger partial charge in [0.25, 0.3) is 0 Å². The molecule has 0 saturated heterocycles. The number of aliphatic hydroxyl groups excluding tert-OH is 1. The van der Waals surface area contributed by atoms with Crippen molar-refractivity contribution >= 4 is 6.47 Å². The molecule has 0 aliphatic rings. The summed E-state index contributed by atoms with van der Waals surface area (Å²) in [6.07, 6.45) is 0. The average Bonchev–Trinajstić information content (AvgIpc) is 0.918. The summed E-state index contributed by atoms with van der Waals surface area (Å²) in [5.41, 5.74) is 0. The average molecular weight is 312 g/mol. The van der Waals surface area contributed by atoms with Crippen molar-refractivity contribution in [3.05, 3.63) is 0 Å². The second kappa shape index (κ2) is 1.16. The van der Waals surface area contributed by atoms with Crippen LogP contribution in [0, 0.1) is 0 Å². The van der Waals surface area contributed by atoms with Gasteiger partial charge in [-0.2, -0.15) is 0 Å². The van der Waals surface area contributed by atoms with E-state index in [0.29, 0.717) is 6.47 Å². The van der Waals surface area contributed by atoms with E-state index < -0.39 is 0 Å². The maximum atomic E-state index is 8.24. The minimum absolute atomic E-state index is 0. The van der Waals surface area contributed by atoms with Gasteiger partial charge in [0.1, 0.15) is 0 Å². The third-order valence-electron chi connectivity index (χ3n) is 0. The summed E-state index contributed by atoms with van der Waals surface area (Å²) in [5.74, 6) is 0. The van der Waals surface area contributed by atoms with Gasteiger partial charge in [0.05, 0.1) is 0 Å². The van der Waals surface area contributed by atoms with Gasteiger partial charge in [0.15, 0.2) is 0 Å². The fraction of sp³-hybridized carbons (Fsp3) is 0. The molecular weight excluding hydrogens is 311 g/mol. The van der Waals surface area contributed by atoms with Crippen LogP contribution in [-0.4, -0.2) is 11.6 Å². The van der Waals surface area contributed by atoms with Crippen molar-refractivity contribution < 1.29 is 9.90 Å². The second-order valence-electron chi connectivity index (χ2n) is 0.0913. The van der Waals surface area contributed by atoms with Crippen molar-refractivity contribution in [2.45, 2.75) is 0 Å². The van der Waals surface area contributed by atoms with Crippen LogP contribution >= 0.6 is 0 Å². The molecule has 3 heteroatoms. The van der Waals surface area contributed by atoms with Crippen molar-refractivity contribution in [3.8, 4) is 0 Å². The van der Waals surface area contributed by atoms with Crippen LogP contribution in [0.2, 0.25) is 0 Å². The number of hydrogen-bond acceptors (Lipinski definition) is 1. The quantitative estimate of drug-likeness (QED) is 0.619. The molecule has 4 heavy (non-hydrogen) atoms. The van der Waals surface area contributed by atoms with E-state index >= 15 is 0 Å². The minimum atomic E-state index is 0. The van der Waals surface area contributed by atoms with Crippen molar-refractivity contribution in [1.82, 2.24) is 0 Å². The van der Waals surface area contributed by atoms with Crippen LogP contribution < -0.4 is 0 Å². The van der Waals surface area contributed by atoms with Gasteiger partial charge in [-0.1, -0.05) is 6.47 Å². The van der Waals surface area contributed by atoms with E-state index in [4.69, 9.17) is 9.90 Å². The predicted molar refractivity (Wildman–Crippen MR) is 8.32 cm³/mol. The summed E-state index contributed by atoms with van der Waals surface area (Å²) in [7, 11) is 0. The van der Waals surface area contributed by atoms with Gasteiger partial charge in [0, 0.05) is 0 Å². The van der Waals surface area contributed by atoms with Gasteiger partial charge in [-0.05, 0) is 0 Å². The SMILES string of the molecule is O=[C-]O.[Rf]. The molecule has 0 aromatic heterocycles. The van der Waals surface area contributed by atoms with Gasteiger partial charge < -0.3 is 9.90 Å². The minimum Gasteiger partial charge on any atom is -0.665 e. The van der Waals surface area contributed by atoms with Crippen LogP contribution in [-0.2, 0) is 4.79 Å². The van der Waals surface area contributed by atoms with E-state index in [1.807, 2.05) is 0 Å². The summed E-state index contributed by atoms with van der Waals surface area (Å²) in [6, 6.07) is 0. The predicted octanol–water partition coefficient (Wildman–Crippen LogP) is -0.388. The molecule has 0 fully saturated rings. The molecule has 0 aromatic carbocycles. The summed E-state index contributed by atoms with van der Waals surface area (Å²) >= 11 is 0. The molecule has 0 aliphatic carbocycles. The first kappa shape index (κ1) is 24.2. The van der Waals surface area contributed by atoms with E-state index in [0.717, 1.165) is 0 Å². The number of hydrogen-bond donors (Lipinski definition) is 1. The van der Waals surface area contributed by atoms with E-state index in [1.165, 1.54) is 0 Å². The van der Waals surface area contributed by atoms with Crippen LogP contribution in [0.5, 0.6) is 0 Å². The summed E-state index contributed by atoms with van der Waals surface area (Å²) < 4.78 is 0. The second-order valence-corrected chi connectivity index (χ2v) is 0.0913. The smallest absolute Gasteiger partial charge is 0 e. The monoisotopic (exact) mass is 312 g/mol. The molecule has 0 amide bonds. The first-order chi connectivity index (χ1) is 1.41. The Bertz CT molecular complexity index is 13.5. The third-order valence-corrected chi connectivity index (χ3v) is 0. The van der Waals surface area contributed by atoms with Gasteiger partial charge >= 0.3 is 0 Å². The largest absolute Gasteiger partial charge is 0.665 e. The van der Waals surface area contributed by atoms with E-state index in [2.05, 4.69) is 0 Å². The Labute approximate surface area is 17.7 Å². The molecule has 0 atom stereocenters. The summed E-state index contributed by atoms with van der Waals surface area (Å²) in [4.78, 5) is 8.24. The maximum absolute atomic E-state index is 8.24. The van der Waals surface area contributed by atoms with E-state index in [1.54, 1.807) is 0 Å². The Balaban J connectivity index is 0. The van der Waals surface area contributed by atoms with E-state index in [-0.39, 0.29) is 0 Å². The van der Waals surface area contributed by atoms with Crippen LogP contribution in [0.25, 0.3) is 0 Å². The first-order valence-electron chi connectivity index (χ1n) is 0.428. The van der Waals surface area contributed by atoms with Crippen molar-refractivity contribution in [3.63, 3.8) is 0 Å². The fourth-order valence-corrected chi connectivity index (χ4v) is 0. The van der Waals surface area contributed by atoms with Crippen LogP contribution in [0.4, 0.5) is 0 Å². The molecule has 0 unspecified atom stereocenters. The zero-order valence-electron chi connectivity index (χ0n) is 2.06. The van der Waals surface area contributed by atoms with Gasteiger partial charge in [-0.15, -0.1) is 0 Å². The zero-order valence-corrected chi connectivity index (χ0v) is 8.46. The van der Waals surface area contributed by atoms with Gasteiger partial charge in [-0.25, -0.2) is 0 Å². The summed E-state index contributed by atoms with van der Waals surface area (Å²) in [5, 5.41) is 6.76. The maximum Gasteiger partial charge on any atom is 0 e. The molecule has 0 saturated carbocycles. The molecule has 0 bridgehead atoms. The van der Waals surface area contributed by atoms with Crippen LogP contribution in [0.1, 0.15) is 0 Å². The molecule has 2 nitrogen and oxygen atoms in total. The molecule has 0 rings (SSSR count). The van der Waals surface area contributed by atoms with Crippen molar-refractivity contribution in [2.75, 3.05) is 0 Å². The Kier molecular flexibility index (Phi) is 6.98. The Morgan fingerprint density at radius 1 is 1.75 bits per heavy atom. The van der Waals surface area contributed by atoms with Crippen molar-refractivity contribution in [2.24, 2.45) is 0 Å². The Morgan fingerprint density at radius 3 is 1.75 bits per heavy atom.